The fraction of sp³-hybridized carbons (Fsp3) is 0.600. The Morgan fingerprint density at radius 1 is 1.43 bits per heavy atom. The molecule has 3 atom stereocenters. The molecule has 1 aromatic rings. The third-order valence-corrected chi connectivity index (χ3v) is 5.31. The molecule has 0 radical (unpaired) electrons. The Hall–Kier alpha value is -1.40. The molecule has 5 nitrogen and oxygen atoms in total. The zero-order valence-electron chi connectivity index (χ0n) is 12.8. The number of carbonyl (C=O) groups excluding carboxylic acids is 1. The minimum Gasteiger partial charge on any atom is -0.481 e. The Balaban J connectivity index is 1.96. The first-order valence-corrected chi connectivity index (χ1v) is 7.85. The van der Waals surface area contributed by atoms with E-state index >= 15 is 0 Å². The van der Waals surface area contributed by atoms with Gasteiger partial charge in [-0.15, -0.1) is 11.3 Å². The minimum atomic E-state index is -0.887. The molecule has 1 saturated carbocycles. The van der Waals surface area contributed by atoms with Crippen LogP contribution in [-0.2, 0) is 9.59 Å². The fourth-order valence-corrected chi connectivity index (χ4v) is 3.84. The Bertz CT molecular complexity index is 525. The number of hydrogen-bond acceptors (Lipinski definition) is 4. The summed E-state index contributed by atoms with van der Waals surface area (Å²) >= 11 is 1.65. The molecule has 1 fully saturated rings. The largest absolute Gasteiger partial charge is 0.481 e. The summed E-state index contributed by atoms with van der Waals surface area (Å²) in [6.45, 7) is 4.16. The molecule has 1 aromatic heterocycles. The molecule has 1 amide bonds. The van der Waals surface area contributed by atoms with Crippen molar-refractivity contribution in [3.8, 4) is 0 Å². The maximum Gasteiger partial charge on any atom is 0.307 e. The number of amides is 1. The summed E-state index contributed by atoms with van der Waals surface area (Å²) in [5.41, 5.74) is -0.452. The topological polar surface area (TPSA) is 69.6 Å². The Morgan fingerprint density at radius 2 is 2.10 bits per heavy atom. The van der Waals surface area contributed by atoms with Crippen LogP contribution < -0.4 is 5.32 Å². The van der Waals surface area contributed by atoms with E-state index in [9.17, 15) is 9.59 Å². The van der Waals surface area contributed by atoms with Crippen LogP contribution >= 0.6 is 11.3 Å². The van der Waals surface area contributed by atoms with Gasteiger partial charge in [-0.25, -0.2) is 0 Å². The molecule has 0 aromatic carbocycles. The summed E-state index contributed by atoms with van der Waals surface area (Å²) in [5.74, 6) is -2.04. The Kier molecular flexibility index (Phi) is 4.39. The molecule has 0 bridgehead atoms. The summed E-state index contributed by atoms with van der Waals surface area (Å²) in [5, 5.41) is 14.1. The van der Waals surface area contributed by atoms with Gasteiger partial charge in [0.05, 0.1) is 17.9 Å². The van der Waals surface area contributed by atoms with Crippen LogP contribution in [0.25, 0.3) is 0 Å². The van der Waals surface area contributed by atoms with Gasteiger partial charge < -0.3 is 15.3 Å². The molecular weight excluding hydrogens is 288 g/mol. The number of carboxylic acids is 1. The summed E-state index contributed by atoms with van der Waals surface area (Å²) in [7, 11) is 3.94. The van der Waals surface area contributed by atoms with E-state index in [0.29, 0.717) is 6.54 Å². The van der Waals surface area contributed by atoms with E-state index in [1.54, 1.807) is 11.3 Å². The highest BCUT2D eigenvalue weighted by Crippen LogP contribution is 2.58. The summed E-state index contributed by atoms with van der Waals surface area (Å²) in [4.78, 5) is 26.6. The van der Waals surface area contributed by atoms with Gasteiger partial charge in [-0.05, 0) is 31.0 Å². The van der Waals surface area contributed by atoms with E-state index in [1.165, 1.54) is 4.88 Å². The Morgan fingerprint density at radius 3 is 2.52 bits per heavy atom. The van der Waals surface area contributed by atoms with Crippen molar-refractivity contribution in [2.45, 2.75) is 19.9 Å². The quantitative estimate of drug-likeness (QED) is 0.841. The normalized spacial score (nSPS) is 24.6. The van der Waals surface area contributed by atoms with E-state index < -0.39 is 23.2 Å². The van der Waals surface area contributed by atoms with Crippen LogP contribution in [0.2, 0.25) is 0 Å². The number of nitrogens with zero attached hydrogens (tertiary/aromatic N) is 1. The molecular formula is C15H22N2O3S. The first-order valence-electron chi connectivity index (χ1n) is 6.97. The average molecular weight is 310 g/mol. The molecule has 1 heterocycles. The number of rotatable bonds is 6. The lowest BCUT2D eigenvalue weighted by Gasteiger charge is -2.23. The lowest BCUT2D eigenvalue weighted by molar-refractivity contribution is -0.140. The highest BCUT2D eigenvalue weighted by atomic mass is 32.1. The molecule has 116 valence electrons. The molecule has 1 unspecified atom stereocenters. The summed E-state index contributed by atoms with van der Waals surface area (Å²) in [6, 6.07) is 4.14. The predicted molar refractivity (Wildman–Crippen MR) is 82.2 cm³/mol. The van der Waals surface area contributed by atoms with Crippen LogP contribution in [0, 0.1) is 17.3 Å². The van der Waals surface area contributed by atoms with Gasteiger partial charge in [0, 0.05) is 11.4 Å². The van der Waals surface area contributed by atoms with E-state index in [1.807, 2.05) is 45.5 Å². The second-order valence-electron chi connectivity index (χ2n) is 6.35. The SMILES string of the molecule is CN(C)C(CNC(=O)[C@H]1[C@@H](C(=O)O)C1(C)C)c1cccs1. The van der Waals surface area contributed by atoms with Gasteiger partial charge in [-0.1, -0.05) is 19.9 Å². The van der Waals surface area contributed by atoms with E-state index in [0.717, 1.165) is 0 Å². The number of nitrogens with one attached hydrogen (secondary N) is 1. The second kappa shape index (κ2) is 5.77. The van der Waals surface area contributed by atoms with Gasteiger partial charge in [0.1, 0.15) is 0 Å². The number of likely N-dealkylation sites (N-methyl/N-ethyl adjacent to an activating group) is 1. The lowest BCUT2D eigenvalue weighted by Crippen LogP contribution is -2.35. The van der Waals surface area contributed by atoms with Crippen molar-refractivity contribution >= 4 is 23.2 Å². The van der Waals surface area contributed by atoms with E-state index in [2.05, 4.69) is 10.2 Å². The molecule has 2 N–H and O–H groups in total. The number of carboxylic acid groups (broad SMARTS) is 1. The van der Waals surface area contributed by atoms with Crippen LogP contribution in [0.15, 0.2) is 17.5 Å². The van der Waals surface area contributed by atoms with Crippen LogP contribution in [0.5, 0.6) is 0 Å². The maximum absolute atomic E-state index is 12.2. The monoisotopic (exact) mass is 310 g/mol. The van der Waals surface area contributed by atoms with Gasteiger partial charge >= 0.3 is 5.97 Å². The molecule has 0 spiro atoms. The zero-order chi connectivity index (χ0) is 15.8. The lowest BCUT2D eigenvalue weighted by atomic mass is 10.1. The number of carbonyl (C=O) groups is 2. The number of aliphatic carboxylic acids is 1. The third kappa shape index (κ3) is 3.11. The summed E-state index contributed by atoms with van der Waals surface area (Å²) < 4.78 is 0. The Labute approximate surface area is 129 Å². The van der Waals surface area contributed by atoms with Gasteiger partial charge in [0.2, 0.25) is 5.91 Å². The second-order valence-corrected chi connectivity index (χ2v) is 7.33. The molecule has 0 saturated heterocycles. The molecule has 21 heavy (non-hydrogen) atoms. The molecule has 2 rings (SSSR count). The first-order chi connectivity index (χ1) is 9.76. The molecule has 0 aliphatic heterocycles. The number of hydrogen-bond donors (Lipinski definition) is 2. The molecule has 1 aliphatic rings. The zero-order valence-corrected chi connectivity index (χ0v) is 13.6. The molecule has 1 aliphatic carbocycles. The number of thiophene rings is 1. The standard InChI is InChI=1S/C15H22N2O3S/c1-15(2)11(12(15)14(19)20)13(18)16-8-9(17(3)4)10-6-5-7-21-10/h5-7,9,11-12H,8H2,1-4H3,(H,16,18)(H,19,20)/t9?,11-,12+/m1/s1. The van der Waals surface area contributed by atoms with Crippen molar-refractivity contribution in [2.75, 3.05) is 20.6 Å². The van der Waals surface area contributed by atoms with Gasteiger partial charge in [-0.2, -0.15) is 0 Å². The van der Waals surface area contributed by atoms with Crippen molar-refractivity contribution in [2.24, 2.45) is 17.3 Å². The van der Waals surface area contributed by atoms with Crippen molar-refractivity contribution in [3.05, 3.63) is 22.4 Å². The third-order valence-electron chi connectivity index (χ3n) is 4.34. The van der Waals surface area contributed by atoms with Crippen molar-refractivity contribution in [1.29, 1.82) is 0 Å². The predicted octanol–water partition coefficient (Wildman–Crippen LogP) is 1.82. The smallest absolute Gasteiger partial charge is 0.307 e. The average Bonchev–Trinajstić information content (AvgIpc) is 2.76. The van der Waals surface area contributed by atoms with Crippen LogP contribution in [0.1, 0.15) is 24.8 Å². The summed E-state index contributed by atoms with van der Waals surface area (Å²) in [6.07, 6.45) is 0. The maximum atomic E-state index is 12.2. The van der Waals surface area contributed by atoms with Gasteiger partial charge in [0.15, 0.2) is 0 Å². The van der Waals surface area contributed by atoms with Crippen molar-refractivity contribution < 1.29 is 14.7 Å². The van der Waals surface area contributed by atoms with Crippen molar-refractivity contribution in [3.63, 3.8) is 0 Å². The minimum absolute atomic E-state index is 0.110. The van der Waals surface area contributed by atoms with Gasteiger partial charge in [-0.3, -0.25) is 9.59 Å². The van der Waals surface area contributed by atoms with Crippen LogP contribution in [0.3, 0.4) is 0 Å². The fourth-order valence-electron chi connectivity index (χ4n) is 2.91. The van der Waals surface area contributed by atoms with Crippen LogP contribution in [0.4, 0.5) is 0 Å². The molecule has 6 heteroatoms. The van der Waals surface area contributed by atoms with E-state index in [-0.39, 0.29) is 11.9 Å². The first kappa shape index (κ1) is 16.0. The highest BCUT2D eigenvalue weighted by Gasteiger charge is 2.65. The van der Waals surface area contributed by atoms with Crippen LogP contribution in [-0.4, -0.2) is 42.5 Å². The van der Waals surface area contributed by atoms with Crippen molar-refractivity contribution in [1.82, 2.24) is 10.2 Å². The van der Waals surface area contributed by atoms with E-state index in [4.69, 9.17) is 5.11 Å². The van der Waals surface area contributed by atoms with Gasteiger partial charge in [0.25, 0.3) is 0 Å². The highest BCUT2D eigenvalue weighted by molar-refractivity contribution is 7.10.